The zero-order chi connectivity index (χ0) is 59.6. The maximum atomic E-state index is 13.4. The van der Waals surface area contributed by atoms with E-state index in [1.54, 1.807) is 70.9 Å². The molecule has 0 unspecified atom stereocenters. The van der Waals surface area contributed by atoms with Crippen LogP contribution in [0.1, 0.15) is 135 Å². The number of carbonyl (C=O) groups excluding carboxylic acids is 4. The number of aryl methyl sites for hydroxylation is 7. The van der Waals surface area contributed by atoms with Crippen molar-refractivity contribution in [3.8, 4) is 11.8 Å². The number of imidazole rings is 1. The molecule has 1 fully saturated rings. The Morgan fingerprint density at radius 2 is 1.25 bits per heavy atom. The van der Waals surface area contributed by atoms with Crippen molar-refractivity contribution < 1.29 is 62.1 Å². The molecule has 3 N–H and O–H groups in total. The number of fused-ring (bicyclic) bond motifs is 2. The number of carboxylic acid groups (broad SMARTS) is 1. The topological polar surface area (TPSA) is 290 Å². The van der Waals surface area contributed by atoms with Crippen molar-refractivity contribution in [3.05, 3.63) is 139 Å². The molecule has 2 amide bonds. The summed E-state index contributed by atoms with van der Waals surface area (Å²) in [7, 11) is 0. The summed E-state index contributed by atoms with van der Waals surface area (Å²) in [5.41, 5.74) is 20.9. The number of azide groups is 1. The molecule has 1 aliphatic heterocycles. The van der Waals surface area contributed by atoms with Crippen molar-refractivity contribution in [1.82, 2.24) is 38.9 Å². The van der Waals surface area contributed by atoms with Gasteiger partial charge in [-0.25, -0.2) is 19.6 Å². The maximum Gasteiger partial charge on any atom is 0.430 e. The average molecular weight is 1160 g/mol. The van der Waals surface area contributed by atoms with Gasteiger partial charge in [0.15, 0.2) is 0 Å². The van der Waals surface area contributed by atoms with Crippen LogP contribution in [0.5, 0.6) is 11.8 Å². The number of aromatic nitrogens is 6. The van der Waals surface area contributed by atoms with Gasteiger partial charge in [0.1, 0.15) is 5.97 Å². The van der Waals surface area contributed by atoms with E-state index in [1.807, 2.05) is 11.0 Å². The molecular weight excluding hydrogens is 1080 g/mol. The van der Waals surface area contributed by atoms with Crippen LogP contribution in [0.2, 0.25) is 0 Å². The van der Waals surface area contributed by atoms with Gasteiger partial charge >= 0.3 is 29.8 Å². The van der Waals surface area contributed by atoms with Crippen LogP contribution in [0, 0.1) is 0 Å². The molecule has 0 bridgehead atoms. The van der Waals surface area contributed by atoms with Crippen molar-refractivity contribution in [2.75, 3.05) is 59.2 Å². The number of pyridine rings is 4. The summed E-state index contributed by atoms with van der Waals surface area (Å²) in [6.07, 6.45) is 15.7. The Labute approximate surface area is 480 Å². The van der Waals surface area contributed by atoms with E-state index < -0.39 is 24.2 Å². The highest BCUT2D eigenvalue weighted by molar-refractivity contribution is 5.79. The summed E-state index contributed by atoms with van der Waals surface area (Å²) in [6.45, 7) is 8.58. The van der Waals surface area contributed by atoms with Gasteiger partial charge in [-0.15, -0.1) is 0 Å². The molecule has 0 saturated carbocycles. The number of amides is 2. The number of quaternary nitrogens is 1. The van der Waals surface area contributed by atoms with E-state index in [0.29, 0.717) is 76.3 Å². The third-order valence-corrected chi connectivity index (χ3v) is 14.1. The number of urea groups is 1. The first-order chi connectivity index (χ1) is 40.1. The molecule has 0 spiro atoms. The van der Waals surface area contributed by atoms with E-state index in [9.17, 15) is 32.3 Å². The number of hydrogen-bond acceptors (Lipinski definition) is 15. The molecule has 2 atom stereocenters. The van der Waals surface area contributed by atoms with Gasteiger partial charge in [0.2, 0.25) is 11.8 Å². The fraction of sp³-hybridized carbons (Fsp3) is 0.534. The number of carbonyl (C=O) groups is 4. The highest BCUT2D eigenvalue weighted by atomic mass is 19.4. The lowest BCUT2D eigenvalue weighted by molar-refractivity contribution is -0.368. The summed E-state index contributed by atoms with van der Waals surface area (Å²) >= 11 is 0. The van der Waals surface area contributed by atoms with Crippen LogP contribution >= 0.6 is 0 Å². The molecule has 1 saturated heterocycles. The standard InChI is InChI=1S/C28H35N7O4.C28H39N5O4.C2HF3O2/c1-2-38-27(36)19-25(22-11-13-26(30-20-22)39-18-6-14-31-33-29)35-17-16-34(28(35)37)15-5-8-23-12-10-21-7-3-4-9-24(21)32-23;1-2-36-27(34)19-25(22-11-13-26(30-20-22)37-18-6-14-29)33-17-16-32(28(33)35)15-5-8-23-12-10-21-7-3-4-9-24(21)31-23;3-2(4,5)1(6)7/h10-13,16-17,20,25H,2-9,14-15,18-19H2,1H3;10-13,20,25H,2-9,14-19,29H2,1H3;(H,6,7)/t2*25-;/m00./s1. The molecular formula is C58H75F3N12O10. The number of hydrogen-bond donors (Lipinski definition) is 1. The minimum Gasteiger partial charge on any atom is -0.542 e. The number of halogens is 3. The minimum absolute atomic E-state index is 0.00481. The monoisotopic (exact) mass is 1160 g/mol. The highest BCUT2D eigenvalue weighted by Crippen LogP contribution is 2.30. The van der Waals surface area contributed by atoms with Crippen LogP contribution in [0.25, 0.3) is 10.4 Å². The third kappa shape index (κ3) is 20.1. The molecule has 3 aliphatic rings. The summed E-state index contributed by atoms with van der Waals surface area (Å²) in [5, 5.41) is 12.3. The Kier molecular flexibility index (Phi) is 25.6. The number of rotatable bonds is 27. The Morgan fingerprint density at radius 3 is 1.77 bits per heavy atom. The van der Waals surface area contributed by atoms with Gasteiger partial charge in [-0.2, -0.15) is 13.2 Å². The van der Waals surface area contributed by atoms with Crippen molar-refractivity contribution in [3.63, 3.8) is 0 Å². The Morgan fingerprint density at radius 1 is 0.723 bits per heavy atom. The maximum absolute atomic E-state index is 13.4. The van der Waals surface area contributed by atoms with E-state index in [1.165, 1.54) is 48.2 Å². The van der Waals surface area contributed by atoms with E-state index >= 15 is 0 Å². The van der Waals surface area contributed by atoms with Gasteiger partial charge in [0.25, 0.3) is 0 Å². The predicted molar refractivity (Wildman–Crippen MR) is 296 cm³/mol. The molecule has 0 aromatic carbocycles. The number of aliphatic carboxylic acids is 1. The molecule has 6 heterocycles. The van der Waals surface area contributed by atoms with E-state index in [4.69, 9.17) is 44.3 Å². The van der Waals surface area contributed by atoms with Crippen molar-refractivity contribution >= 4 is 23.9 Å². The van der Waals surface area contributed by atoms with Crippen LogP contribution in [-0.4, -0.2) is 128 Å². The lowest BCUT2D eigenvalue weighted by Crippen LogP contribution is -2.50. The molecule has 8 rings (SSSR count). The average Bonchev–Trinajstić information content (AvgIpc) is 4.04. The molecule has 2 aliphatic carbocycles. The first-order valence-electron chi connectivity index (χ1n) is 28.5. The summed E-state index contributed by atoms with van der Waals surface area (Å²) in [4.78, 5) is 85.1. The van der Waals surface area contributed by atoms with Gasteiger partial charge in [-0.1, -0.05) is 29.4 Å². The lowest BCUT2D eigenvalue weighted by atomic mass is 9.95. The number of carboxylic acids is 1. The summed E-state index contributed by atoms with van der Waals surface area (Å²) in [6, 6.07) is 14.8. The molecule has 5 aromatic rings. The second kappa shape index (κ2) is 33.2. The van der Waals surface area contributed by atoms with Crippen LogP contribution < -0.4 is 26.0 Å². The zero-order valence-electron chi connectivity index (χ0n) is 47.3. The van der Waals surface area contributed by atoms with Crippen LogP contribution in [-0.2, 0) is 68.9 Å². The lowest BCUT2D eigenvalue weighted by Gasteiger charge is -2.27. The second-order valence-corrected chi connectivity index (χ2v) is 20.0. The highest BCUT2D eigenvalue weighted by Gasteiger charge is 2.36. The van der Waals surface area contributed by atoms with Crippen LogP contribution in [0.4, 0.5) is 18.0 Å². The number of alkyl halides is 3. The molecule has 22 nitrogen and oxygen atoms in total. The van der Waals surface area contributed by atoms with Crippen LogP contribution in [0.3, 0.4) is 0 Å². The normalized spacial score (nSPS) is 14.3. The second-order valence-electron chi connectivity index (χ2n) is 20.0. The third-order valence-electron chi connectivity index (χ3n) is 14.1. The molecule has 5 aromatic heterocycles. The SMILES string of the molecule is CCOC(=O)C[C@@H](c1ccc(OCCCN=[N+]=[N-])nc1)n1ccn(CCCc2ccc3c(n2)CCCC3)c1=O.CCOC(=O)C[C@@H](c1ccc(OCCC[NH3+])nc1)N1CCN(CCCc2ccc3c(n2)CCCC3)C1=O.O=C([O-])C(F)(F)F. The van der Waals surface area contributed by atoms with Crippen molar-refractivity contribution in [1.29, 1.82) is 0 Å². The molecule has 25 heteroatoms. The number of nitrogens with zero attached hydrogens (tertiary/aromatic N) is 11. The van der Waals surface area contributed by atoms with Crippen molar-refractivity contribution in [2.24, 2.45) is 5.11 Å². The van der Waals surface area contributed by atoms with Gasteiger partial charge < -0.3 is 44.4 Å². The molecule has 448 valence electrons. The Balaban J connectivity index is 0.000000239. The molecule has 83 heavy (non-hydrogen) atoms. The largest absolute Gasteiger partial charge is 0.542 e. The smallest absolute Gasteiger partial charge is 0.430 e. The van der Waals surface area contributed by atoms with E-state index in [2.05, 4.69) is 50.0 Å². The Hall–Kier alpha value is -8.05. The fourth-order valence-electron chi connectivity index (χ4n) is 9.87. The summed E-state index contributed by atoms with van der Waals surface area (Å²) < 4.78 is 56.4. The predicted octanol–water partition coefficient (Wildman–Crippen LogP) is 6.60. The zero-order valence-corrected chi connectivity index (χ0v) is 47.3. The van der Waals surface area contributed by atoms with Crippen LogP contribution in [0.15, 0.2) is 83.2 Å². The Bertz CT molecular complexity index is 2990. The number of esters is 2. The fourth-order valence-corrected chi connectivity index (χ4v) is 9.87. The number of ether oxygens (including phenoxy) is 4. The quantitative estimate of drug-likeness (QED) is 0.0191. The van der Waals surface area contributed by atoms with Crippen molar-refractivity contribution in [2.45, 2.75) is 141 Å². The van der Waals surface area contributed by atoms with E-state index in [-0.39, 0.29) is 43.1 Å². The van der Waals surface area contributed by atoms with Gasteiger partial charge in [0.05, 0.1) is 57.9 Å². The van der Waals surface area contributed by atoms with E-state index in [0.717, 1.165) is 81.3 Å². The summed E-state index contributed by atoms with van der Waals surface area (Å²) in [5.74, 6) is -2.79. The van der Waals surface area contributed by atoms with Gasteiger partial charge in [-0.05, 0) is 137 Å². The first kappa shape index (κ1) is 64.1. The first-order valence-corrected chi connectivity index (χ1v) is 28.5. The van der Waals surface area contributed by atoms with Gasteiger partial charge in [-0.3, -0.25) is 28.7 Å². The van der Waals surface area contributed by atoms with Gasteiger partial charge in [0, 0.05) is 104 Å². The minimum atomic E-state index is -5.19. The molecule has 0 radical (unpaired) electrons.